The van der Waals surface area contributed by atoms with Gasteiger partial charge in [-0.25, -0.2) is 9.59 Å². The topological polar surface area (TPSA) is 92.3 Å². The molecule has 27 heavy (non-hydrogen) atoms. The van der Waals surface area contributed by atoms with Crippen LogP contribution in [0, 0.1) is 0 Å². The van der Waals surface area contributed by atoms with Crippen LogP contribution in [0.15, 0.2) is 24.3 Å². The van der Waals surface area contributed by atoms with Crippen LogP contribution in [0.1, 0.15) is 39.4 Å². The van der Waals surface area contributed by atoms with E-state index in [4.69, 9.17) is 23.7 Å². The Morgan fingerprint density at radius 1 is 1.11 bits per heavy atom. The van der Waals surface area contributed by atoms with Gasteiger partial charge in [0.25, 0.3) is 0 Å². The molecule has 0 aliphatic heterocycles. The van der Waals surface area contributed by atoms with Crippen molar-refractivity contribution in [3.05, 3.63) is 29.8 Å². The van der Waals surface area contributed by atoms with Gasteiger partial charge in [0.05, 0.1) is 6.61 Å². The van der Waals surface area contributed by atoms with Crippen molar-refractivity contribution in [3.8, 4) is 5.75 Å². The third-order valence-corrected chi connectivity index (χ3v) is 3.32. The average Bonchev–Trinajstić information content (AvgIpc) is 2.59. The zero-order valence-electron chi connectivity index (χ0n) is 16.7. The first-order valence-electron chi connectivity index (χ1n) is 8.62. The van der Waals surface area contributed by atoms with E-state index in [0.29, 0.717) is 11.3 Å². The number of hydrogen-bond donors (Lipinski definition) is 1. The number of amides is 1. The maximum atomic E-state index is 12.4. The fourth-order valence-electron chi connectivity index (χ4n) is 2.27. The van der Waals surface area contributed by atoms with Gasteiger partial charge in [-0.1, -0.05) is 12.1 Å². The summed E-state index contributed by atoms with van der Waals surface area (Å²) in [6.45, 7) is 7.19. The number of benzene rings is 1. The predicted octanol–water partition coefficient (Wildman–Crippen LogP) is 2.81. The molecule has 1 aromatic rings. The van der Waals surface area contributed by atoms with Gasteiger partial charge in [-0.05, 0) is 45.4 Å². The second-order valence-corrected chi connectivity index (χ2v) is 6.65. The largest absolute Gasteiger partial charge is 0.468 e. The minimum absolute atomic E-state index is 0.124. The Hall–Kier alpha value is -2.32. The molecule has 1 amide bonds. The van der Waals surface area contributed by atoms with Crippen molar-refractivity contribution in [2.24, 2.45) is 0 Å². The second-order valence-electron chi connectivity index (χ2n) is 6.65. The average molecular weight is 383 g/mol. The maximum Gasteiger partial charge on any atom is 0.408 e. The van der Waals surface area contributed by atoms with E-state index in [0.717, 1.165) is 0 Å². The lowest BCUT2D eigenvalue weighted by molar-refractivity contribution is -0.149. The molecule has 8 heteroatoms. The Kier molecular flexibility index (Phi) is 9.04. The van der Waals surface area contributed by atoms with Crippen molar-refractivity contribution in [3.63, 3.8) is 0 Å². The molecule has 0 spiro atoms. The number of rotatable bonds is 9. The summed E-state index contributed by atoms with van der Waals surface area (Å²) in [5, 5.41) is 2.54. The van der Waals surface area contributed by atoms with Crippen LogP contribution in [0.3, 0.4) is 0 Å². The normalized spacial score (nSPS) is 13.4. The second kappa shape index (κ2) is 10.7. The molecular weight excluding hydrogens is 354 g/mol. The fourth-order valence-corrected chi connectivity index (χ4v) is 2.27. The molecule has 1 rings (SSSR count). The van der Waals surface area contributed by atoms with Crippen molar-refractivity contribution < 1.29 is 33.3 Å². The van der Waals surface area contributed by atoms with E-state index >= 15 is 0 Å². The van der Waals surface area contributed by atoms with Crippen molar-refractivity contribution in [1.29, 1.82) is 0 Å². The quantitative estimate of drug-likeness (QED) is 0.518. The van der Waals surface area contributed by atoms with Crippen LogP contribution >= 0.6 is 0 Å². The lowest BCUT2D eigenvalue weighted by Crippen LogP contribution is -2.48. The molecule has 8 nitrogen and oxygen atoms in total. The molecule has 1 N–H and O–H groups in total. The summed E-state index contributed by atoms with van der Waals surface area (Å²) in [6, 6.07) is 5.84. The van der Waals surface area contributed by atoms with Gasteiger partial charge in [0.1, 0.15) is 17.5 Å². The highest BCUT2D eigenvalue weighted by Gasteiger charge is 2.34. The summed E-state index contributed by atoms with van der Waals surface area (Å²) in [5.74, 6) is -0.0156. The number of alkyl carbamates (subject to hydrolysis) is 1. The van der Waals surface area contributed by atoms with Gasteiger partial charge in [0.2, 0.25) is 0 Å². The monoisotopic (exact) mass is 383 g/mol. The number of carbonyl (C=O) groups is 2. The molecule has 1 aromatic carbocycles. The van der Waals surface area contributed by atoms with Gasteiger partial charge in [0, 0.05) is 14.2 Å². The molecular formula is C19H29NO7. The van der Waals surface area contributed by atoms with Crippen molar-refractivity contribution in [2.75, 3.05) is 27.6 Å². The van der Waals surface area contributed by atoms with Crippen LogP contribution < -0.4 is 10.1 Å². The van der Waals surface area contributed by atoms with E-state index in [-0.39, 0.29) is 13.4 Å². The molecule has 0 saturated heterocycles. The first kappa shape index (κ1) is 22.7. The molecule has 0 aromatic heterocycles. The van der Waals surface area contributed by atoms with Gasteiger partial charge in [-0.2, -0.15) is 0 Å². The minimum atomic E-state index is -1.07. The number of ether oxygens (including phenoxy) is 5. The molecule has 0 radical (unpaired) electrons. The SMILES string of the molecule is CCOC(=O)[C@@H](NC(=O)OC(C)(C)C)[C@@H](OC)c1ccc(OCOC)cc1. The first-order chi connectivity index (χ1) is 12.7. The molecule has 0 aliphatic carbocycles. The Morgan fingerprint density at radius 3 is 2.22 bits per heavy atom. The summed E-state index contributed by atoms with van der Waals surface area (Å²) in [7, 11) is 2.98. The Balaban J connectivity index is 3.01. The standard InChI is InChI=1S/C19H29NO7/c1-7-25-17(21)15(20-18(22)27-19(2,3)4)16(24-6)13-8-10-14(11-9-13)26-12-23-5/h8-11,15-16H,7,12H2,1-6H3,(H,20,22)/t15-,16-/m0/s1. The van der Waals surface area contributed by atoms with Crippen LogP contribution in [0.4, 0.5) is 4.79 Å². The predicted molar refractivity (Wildman–Crippen MR) is 98.5 cm³/mol. The van der Waals surface area contributed by atoms with Gasteiger partial charge in [-0.3, -0.25) is 0 Å². The van der Waals surface area contributed by atoms with E-state index in [1.807, 2.05) is 0 Å². The number of carbonyl (C=O) groups excluding carboxylic acids is 2. The molecule has 152 valence electrons. The van der Waals surface area contributed by atoms with Crippen LogP contribution in [0.25, 0.3) is 0 Å². The van der Waals surface area contributed by atoms with E-state index in [1.165, 1.54) is 14.2 Å². The van der Waals surface area contributed by atoms with Gasteiger partial charge >= 0.3 is 12.1 Å². The molecule has 0 saturated carbocycles. The highest BCUT2D eigenvalue weighted by atomic mass is 16.7. The zero-order chi connectivity index (χ0) is 20.4. The van der Waals surface area contributed by atoms with Crippen LogP contribution in [-0.4, -0.2) is 51.3 Å². The highest BCUT2D eigenvalue weighted by Crippen LogP contribution is 2.24. The van der Waals surface area contributed by atoms with E-state index in [1.54, 1.807) is 52.0 Å². The van der Waals surface area contributed by atoms with Crippen molar-refractivity contribution in [2.45, 2.75) is 45.4 Å². The fraction of sp³-hybridized carbons (Fsp3) is 0.579. The number of nitrogens with one attached hydrogen (secondary N) is 1. The van der Waals surface area contributed by atoms with E-state index < -0.39 is 29.8 Å². The van der Waals surface area contributed by atoms with E-state index in [9.17, 15) is 9.59 Å². The Labute approximate surface area is 160 Å². The van der Waals surface area contributed by atoms with E-state index in [2.05, 4.69) is 5.32 Å². The number of esters is 1. The van der Waals surface area contributed by atoms with Gasteiger partial charge < -0.3 is 29.0 Å². The molecule has 0 aliphatic rings. The highest BCUT2D eigenvalue weighted by molar-refractivity contribution is 5.82. The van der Waals surface area contributed by atoms with Crippen LogP contribution in [-0.2, 0) is 23.7 Å². The third-order valence-electron chi connectivity index (χ3n) is 3.32. The number of methoxy groups -OCH3 is 2. The Bertz CT molecular complexity index is 595. The van der Waals surface area contributed by atoms with Crippen molar-refractivity contribution >= 4 is 12.1 Å². The molecule has 2 atom stereocenters. The van der Waals surface area contributed by atoms with Crippen molar-refractivity contribution in [1.82, 2.24) is 5.32 Å². The zero-order valence-corrected chi connectivity index (χ0v) is 16.7. The summed E-state index contributed by atoms with van der Waals surface area (Å²) >= 11 is 0. The van der Waals surface area contributed by atoms with Gasteiger partial charge in [0.15, 0.2) is 12.8 Å². The number of hydrogen-bond acceptors (Lipinski definition) is 7. The first-order valence-corrected chi connectivity index (χ1v) is 8.62. The smallest absolute Gasteiger partial charge is 0.408 e. The van der Waals surface area contributed by atoms with Gasteiger partial charge in [-0.15, -0.1) is 0 Å². The Morgan fingerprint density at radius 2 is 1.74 bits per heavy atom. The van der Waals surface area contributed by atoms with Crippen LogP contribution in [0.2, 0.25) is 0 Å². The molecule has 0 fully saturated rings. The summed E-state index contributed by atoms with van der Waals surface area (Å²) in [4.78, 5) is 24.6. The summed E-state index contributed by atoms with van der Waals surface area (Å²) < 4.78 is 26.0. The molecule has 0 bridgehead atoms. The lowest BCUT2D eigenvalue weighted by Gasteiger charge is -2.27. The minimum Gasteiger partial charge on any atom is -0.468 e. The molecule has 0 unspecified atom stereocenters. The summed E-state index contributed by atoms with van der Waals surface area (Å²) in [6.07, 6.45) is -1.50. The third kappa shape index (κ3) is 7.84. The lowest BCUT2D eigenvalue weighted by atomic mass is 10.0. The maximum absolute atomic E-state index is 12.4. The van der Waals surface area contributed by atoms with Crippen LogP contribution in [0.5, 0.6) is 5.75 Å². The summed E-state index contributed by atoms with van der Waals surface area (Å²) in [5.41, 5.74) is -0.0389. The molecule has 0 heterocycles.